The van der Waals surface area contributed by atoms with E-state index in [0.717, 1.165) is 0 Å². The first-order chi connectivity index (χ1) is 8.09. The van der Waals surface area contributed by atoms with Gasteiger partial charge in [-0.1, -0.05) is 29.3 Å². The third-order valence-corrected chi connectivity index (χ3v) is 2.77. The fraction of sp³-hybridized carbons (Fsp3) is 0.0909. The van der Waals surface area contributed by atoms with E-state index in [-0.39, 0.29) is 21.8 Å². The van der Waals surface area contributed by atoms with Crippen LogP contribution in [0.15, 0.2) is 24.5 Å². The molecule has 0 saturated heterocycles. The summed E-state index contributed by atoms with van der Waals surface area (Å²) in [4.78, 5) is 7.65. The van der Waals surface area contributed by atoms with Gasteiger partial charge in [-0.2, -0.15) is 0 Å². The molecule has 1 aromatic heterocycles. The Balaban J connectivity index is 2.38. The maximum absolute atomic E-state index is 13.6. The molecule has 6 heteroatoms. The van der Waals surface area contributed by atoms with Crippen LogP contribution >= 0.6 is 23.2 Å². The monoisotopic (exact) mass is 272 g/mol. The molecular weight excluding hydrogens is 266 g/mol. The van der Waals surface area contributed by atoms with E-state index in [4.69, 9.17) is 27.9 Å². The van der Waals surface area contributed by atoms with E-state index in [2.05, 4.69) is 9.97 Å². The van der Waals surface area contributed by atoms with Crippen molar-refractivity contribution >= 4 is 23.2 Å². The van der Waals surface area contributed by atoms with Crippen molar-refractivity contribution in [1.29, 1.82) is 0 Å². The van der Waals surface area contributed by atoms with Crippen LogP contribution in [0.1, 0.15) is 5.56 Å². The molecule has 0 unspecified atom stereocenters. The van der Waals surface area contributed by atoms with E-state index in [1.165, 1.54) is 18.5 Å². The second-order valence-corrected chi connectivity index (χ2v) is 4.01. The van der Waals surface area contributed by atoms with Gasteiger partial charge in [-0.05, 0) is 19.1 Å². The van der Waals surface area contributed by atoms with E-state index < -0.39 is 5.82 Å². The van der Waals surface area contributed by atoms with Gasteiger partial charge >= 0.3 is 0 Å². The Morgan fingerprint density at radius 2 is 2.00 bits per heavy atom. The molecule has 88 valence electrons. The summed E-state index contributed by atoms with van der Waals surface area (Å²) in [5, 5.41) is 0.248. The van der Waals surface area contributed by atoms with Crippen molar-refractivity contribution in [1.82, 2.24) is 9.97 Å². The first-order valence-electron chi connectivity index (χ1n) is 4.68. The predicted molar refractivity (Wildman–Crippen MR) is 63.3 cm³/mol. The third-order valence-electron chi connectivity index (χ3n) is 2.10. The second-order valence-electron chi connectivity index (χ2n) is 3.25. The van der Waals surface area contributed by atoms with E-state index in [0.29, 0.717) is 5.56 Å². The highest BCUT2D eigenvalue weighted by Crippen LogP contribution is 2.30. The SMILES string of the molecule is Cc1c(Cl)ncnc1Oc1cccc(Cl)c1F. The summed E-state index contributed by atoms with van der Waals surface area (Å²) in [7, 11) is 0. The van der Waals surface area contributed by atoms with E-state index >= 15 is 0 Å². The number of hydrogen-bond donors (Lipinski definition) is 0. The normalized spacial score (nSPS) is 10.4. The first kappa shape index (κ1) is 12.1. The van der Waals surface area contributed by atoms with E-state index in [1.807, 2.05) is 0 Å². The molecular formula is C11H7Cl2FN2O. The first-order valence-corrected chi connectivity index (χ1v) is 5.44. The Morgan fingerprint density at radius 3 is 2.76 bits per heavy atom. The summed E-state index contributed by atoms with van der Waals surface area (Å²) in [6, 6.07) is 4.47. The summed E-state index contributed by atoms with van der Waals surface area (Å²) in [5.41, 5.74) is 0.536. The van der Waals surface area contributed by atoms with Crippen molar-refractivity contribution in [3.05, 3.63) is 46.1 Å². The average Bonchev–Trinajstić information content (AvgIpc) is 2.31. The van der Waals surface area contributed by atoms with E-state index in [1.54, 1.807) is 13.0 Å². The third kappa shape index (κ3) is 2.48. The van der Waals surface area contributed by atoms with Gasteiger partial charge in [0, 0.05) is 5.56 Å². The molecule has 17 heavy (non-hydrogen) atoms. The van der Waals surface area contributed by atoms with Crippen LogP contribution in [0.3, 0.4) is 0 Å². The Hall–Kier alpha value is -1.39. The van der Waals surface area contributed by atoms with Crippen LogP contribution in [0.5, 0.6) is 11.6 Å². The molecule has 0 fully saturated rings. The molecule has 0 aliphatic carbocycles. The minimum absolute atomic E-state index is 0.00429. The summed E-state index contributed by atoms with van der Waals surface area (Å²) in [6.45, 7) is 1.68. The molecule has 3 nitrogen and oxygen atoms in total. The number of halogens is 3. The minimum atomic E-state index is -0.636. The summed E-state index contributed by atoms with van der Waals surface area (Å²) in [5.74, 6) is -0.440. The number of ether oxygens (including phenoxy) is 1. The van der Waals surface area contributed by atoms with Crippen LogP contribution in [-0.4, -0.2) is 9.97 Å². The lowest BCUT2D eigenvalue weighted by Gasteiger charge is -2.08. The van der Waals surface area contributed by atoms with Gasteiger partial charge in [0.25, 0.3) is 0 Å². The molecule has 1 aromatic carbocycles. The van der Waals surface area contributed by atoms with Gasteiger partial charge in [-0.3, -0.25) is 0 Å². The molecule has 0 spiro atoms. The molecule has 0 atom stereocenters. The zero-order chi connectivity index (χ0) is 12.4. The lowest BCUT2D eigenvalue weighted by molar-refractivity contribution is 0.423. The van der Waals surface area contributed by atoms with Gasteiger partial charge in [-0.25, -0.2) is 14.4 Å². The van der Waals surface area contributed by atoms with Crippen LogP contribution < -0.4 is 4.74 Å². The lowest BCUT2D eigenvalue weighted by Crippen LogP contribution is -1.95. The fourth-order valence-corrected chi connectivity index (χ4v) is 1.47. The van der Waals surface area contributed by atoms with Crippen LogP contribution in [0.4, 0.5) is 4.39 Å². The zero-order valence-electron chi connectivity index (χ0n) is 8.75. The molecule has 0 N–H and O–H groups in total. The Morgan fingerprint density at radius 1 is 1.24 bits per heavy atom. The number of rotatable bonds is 2. The summed E-state index contributed by atoms with van der Waals surface area (Å²) >= 11 is 11.4. The van der Waals surface area contributed by atoms with Crippen LogP contribution in [0, 0.1) is 12.7 Å². The number of benzene rings is 1. The van der Waals surface area contributed by atoms with E-state index in [9.17, 15) is 4.39 Å². The van der Waals surface area contributed by atoms with Gasteiger partial charge in [0.2, 0.25) is 5.88 Å². The second kappa shape index (κ2) is 4.85. The van der Waals surface area contributed by atoms with Gasteiger partial charge in [0.05, 0.1) is 5.02 Å². The molecule has 0 aliphatic heterocycles. The number of aromatic nitrogens is 2. The van der Waals surface area contributed by atoms with Crippen molar-refractivity contribution in [2.24, 2.45) is 0 Å². The maximum Gasteiger partial charge on any atom is 0.226 e. The van der Waals surface area contributed by atoms with Crippen molar-refractivity contribution in [3.8, 4) is 11.6 Å². The standard InChI is InChI=1S/C11H7Cl2FN2O/c1-6-10(13)15-5-16-11(6)17-8-4-2-3-7(12)9(8)14/h2-5H,1H3. The van der Waals surface area contributed by atoms with Gasteiger partial charge in [0.1, 0.15) is 11.5 Å². The van der Waals surface area contributed by atoms with Crippen molar-refractivity contribution in [2.75, 3.05) is 0 Å². The number of nitrogens with zero attached hydrogens (tertiary/aromatic N) is 2. The van der Waals surface area contributed by atoms with Gasteiger partial charge in [-0.15, -0.1) is 0 Å². The summed E-state index contributed by atoms with van der Waals surface area (Å²) < 4.78 is 18.9. The summed E-state index contributed by atoms with van der Waals surface area (Å²) in [6.07, 6.45) is 1.24. The van der Waals surface area contributed by atoms with Gasteiger partial charge < -0.3 is 4.74 Å². The molecule has 2 rings (SSSR count). The van der Waals surface area contributed by atoms with Crippen LogP contribution in [0.2, 0.25) is 10.2 Å². The number of hydrogen-bond acceptors (Lipinski definition) is 3. The smallest absolute Gasteiger partial charge is 0.226 e. The molecule has 0 aliphatic rings. The van der Waals surface area contributed by atoms with Crippen LogP contribution in [0.25, 0.3) is 0 Å². The average molecular weight is 273 g/mol. The molecule has 0 amide bonds. The predicted octanol–water partition coefficient (Wildman–Crippen LogP) is 4.02. The maximum atomic E-state index is 13.6. The minimum Gasteiger partial charge on any atom is -0.435 e. The zero-order valence-corrected chi connectivity index (χ0v) is 10.3. The Labute approximate surface area is 107 Å². The van der Waals surface area contributed by atoms with Gasteiger partial charge in [0.15, 0.2) is 11.6 Å². The van der Waals surface area contributed by atoms with Crippen molar-refractivity contribution in [2.45, 2.75) is 6.92 Å². The topological polar surface area (TPSA) is 35.0 Å². The molecule has 1 heterocycles. The van der Waals surface area contributed by atoms with Crippen molar-refractivity contribution in [3.63, 3.8) is 0 Å². The Bertz CT molecular complexity index is 514. The largest absolute Gasteiger partial charge is 0.435 e. The molecule has 2 aromatic rings. The highest BCUT2D eigenvalue weighted by molar-refractivity contribution is 6.31. The lowest BCUT2D eigenvalue weighted by atomic mass is 10.3. The molecule has 0 bridgehead atoms. The molecule has 0 saturated carbocycles. The fourth-order valence-electron chi connectivity index (χ4n) is 1.18. The quantitative estimate of drug-likeness (QED) is 0.775. The highest BCUT2D eigenvalue weighted by atomic mass is 35.5. The highest BCUT2D eigenvalue weighted by Gasteiger charge is 2.12. The van der Waals surface area contributed by atoms with Crippen molar-refractivity contribution < 1.29 is 9.13 Å². The van der Waals surface area contributed by atoms with Crippen LogP contribution in [-0.2, 0) is 0 Å². The Kier molecular flexibility index (Phi) is 3.45. The molecule has 0 radical (unpaired) electrons.